The third-order valence-corrected chi connectivity index (χ3v) is 2.19. The third-order valence-electron chi connectivity index (χ3n) is 0.839. The maximum Gasteiger partial charge on any atom is 0.108 e. The second kappa shape index (κ2) is 3.87. The lowest BCUT2D eigenvalue weighted by Gasteiger charge is -2.26. The molecule has 0 amide bonds. The first kappa shape index (κ1) is 11.4. The fourth-order valence-corrected chi connectivity index (χ4v) is 0.354. The van der Waals surface area contributed by atoms with Crippen molar-refractivity contribution in [3.05, 3.63) is 0 Å². The fourth-order valence-electron chi connectivity index (χ4n) is 0.260. The number of rotatable bonds is 3. The van der Waals surface area contributed by atoms with Crippen molar-refractivity contribution in [2.75, 3.05) is 5.33 Å². The molecule has 0 N–H and O–H groups in total. The molecule has 0 radical (unpaired) electrons. The van der Waals surface area contributed by atoms with E-state index < -0.39 is 0 Å². The monoisotopic (exact) mass is 224 g/mol. The van der Waals surface area contributed by atoms with Crippen molar-refractivity contribution in [3.63, 3.8) is 0 Å². The zero-order valence-electron chi connectivity index (χ0n) is 7.90. The van der Waals surface area contributed by atoms with E-state index in [4.69, 9.17) is 9.78 Å². The van der Waals surface area contributed by atoms with Crippen molar-refractivity contribution in [2.24, 2.45) is 0 Å². The molecule has 0 saturated heterocycles. The molecule has 0 rings (SSSR count). The first-order chi connectivity index (χ1) is 4.77. The van der Waals surface area contributed by atoms with Crippen LogP contribution in [0.4, 0.5) is 0 Å². The SMILES string of the molecule is CC(C)(C)OOC(C)(C)CBr. The predicted molar refractivity (Wildman–Crippen MR) is 49.8 cm³/mol. The molecule has 0 spiro atoms. The van der Waals surface area contributed by atoms with E-state index in [9.17, 15) is 0 Å². The molecule has 0 saturated carbocycles. The van der Waals surface area contributed by atoms with Gasteiger partial charge in [-0.2, -0.15) is 0 Å². The van der Waals surface area contributed by atoms with Gasteiger partial charge < -0.3 is 0 Å². The molecule has 0 aromatic rings. The van der Waals surface area contributed by atoms with Crippen molar-refractivity contribution in [2.45, 2.75) is 45.8 Å². The Morgan fingerprint density at radius 1 is 1.00 bits per heavy atom. The molecule has 0 aliphatic heterocycles. The van der Waals surface area contributed by atoms with Gasteiger partial charge in [-0.25, -0.2) is 9.78 Å². The molecule has 3 heteroatoms. The molecule has 2 nitrogen and oxygen atoms in total. The Labute approximate surface area is 77.3 Å². The quantitative estimate of drug-likeness (QED) is 0.417. The summed E-state index contributed by atoms with van der Waals surface area (Å²) in [5.74, 6) is 0. The highest BCUT2D eigenvalue weighted by Crippen LogP contribution is 2.17. The van der Waals surface area contributed by atoms with Gasteiger partial charge in [0, 0.05) is 5.33 Å². The summed E-state index contributed by atoms with van der Waals surface area (Å²) in [4.78, 5) is 10.4. The molecule has 0 atom stereocenters. The second-order valence-electron chi connectivity index (χ2n) is 4.17. The van der Waals surface area contributed by atoms with Crippen molar-refractivity contribution in [3.8, 4) is 0 Å². The first-order valence-corrected chi connectivity index (χ1v) is 4.82. The summed E-state index contributed by atoms with van der Waals surface area (Å²) in [6.07, 6.45) is 0. The largest absolute Gasteiger partial charge is 0.230 e. The van der Waals surface area contributed by atoms with E-state index in [0.29, 0.717) is 0 Å². The van der Waals surface area contributed by atoms with E-state index in [2.05, 4.69) is 15.9 Å². The minimum absolute atomic E-state index is 0.237. The van der Waals surface area contributed by atoms with Crippen LogP contribution in [-0.4, -0.2) is 16.5 Å². The highest BCUT2D eigenvalue weighted by Gasteiger charge is 2.22. The Morgan fingerprint density at radius 3 is 1.73 bits per heavy atom. The van der Waals surface area contributed by atoms with Gasteiger partial charge >= 0.3 is 0 Å². The van der Waals surface area contributed by atoms with Crippen molar-refractivity contribution >= 4 is 15.9 Å². The van der Waals surface area contributed by atoms with Crippen molar-refractivity contribution < 1.29 is 9.78 Å². The first-order valence-electron chi connectivity index (χ1n) is 3.70. The normalized spacial score (nSPS) is 13.6. The Hall–Kier alpha value is 0.400. The fraction of sp³-hybridized carbons (Fsp3) is 1.00. The molecule has 0 heterocycles. The number of halogens is 1. The van der Waals surface area contributed by atoms with E-state index in [-0.39, 0.29) is 11.2 Å². The molecule has 11 heavy (non-hydrogen) atoms. The summed E-state index contributed by atoms with van der Waals surface area (Å²) in [5.41, 5.74) is -0.493. The lowest BCUT2D eigenvalue weighted by Crippen LogP contribution is -2.31. The van der Waals surface area contributed by atoms with Crippen LogP contribution >= 0.6 is 15.9 Å². The minimum Gasteiger partial charge on any atom is -0.230 e. The molecular formula is C8H17BrO2. The van der Waals surface area contributed by atoms with Gasteiger partial charge in [0.05, 0.1) is 5.60 Å². The summed E-state index contributed by atoms with van der Waals surface area (Å²) < 4.78 is 0. The molecule has 0 aromatic carbocycles. The van der Waals surface area contributed by atoms with Crippen LogP contribution in [0, 0.1) is 0 Å². The summed E-state index contributed by atoms with van der Waals surface area (Å²) in [5, 5.41) is 0.760. The van der Waals surface area contributed by atoms with E-state index in [1.165, 1.54) is 0 Å². The molecular weight excluding hydrogens is 208 g/mol. The van der Waals surface area contributed by atoms with Gasteiger partial charge in [0.25, 0.3) is 0 Å². The molecule has 0 bridgehead atoms. The zero-order chi connectivity index (χ0) is 9.12. The molecule has 0 aromatic heterocycles. The highest BCUT2D eigenvalue weighted by atomic mass is 79.9. The third kappa shape index (κ3) is 6.78. The number of hydrogen-bond donors (Lipinski definition) is 0. The van der Waals surface area contributed by atoms with Crippen LogP contribution in [-0.2, 0) is 9.78 Å². The maximum atomic E-state index is 5.20. The predicted octanol–water partition coefficient (Wildman–Crippen LogP) is 2.91. The smallest absolute Gasteiger partial charge is 0.108 e. The highest BCUT2D eigenvalue weighted by molar-refractivity contribution is 9.09. The Kier molecular flexibility index (Phi) is 4.02. The van der Waals surface area contributed by atoms with Crippen LogP contribution < -0.4 is 0 Å². The average molecular weight is 225 g/mol. The van der Waals surface area contributed by atoms with Gasteiger partial charge in [0.15, 0.2) is 0 Å². The van der Waals surface area contributed by atoms with Gasteiger partial charge in [0.1, 0.15) is 5.60 Å². The van der Waals surface area contributed by atoms with Crippen molar-refractivity contribution in [1.29, 1.82) is 0 Å². The lowest BCUT2D eigenvalue weighted by molar-refractivity contribution is -0.391. The van der Waals surface area contributed by atoms with Crippen LogP contribution in [0.5, 0.6) is 0 Å². The summed E-state index contributed by atoms with van der Waals surface area (Å²) in [6.45, 7) is 9.80. The van der Waals surface area contributed by atoms with Crippen LogP contribution in [0.25, 0.3) is 0 Å². The van der Waals surface area contributed by atoms with Crippen LogP contribution in [0.2, 0.25) is 0 Å². The van der Waals surface area contributed by atoms with E-state index in [0.717, 1.165) is 5.33 Å². The molecule has 0 aliphatic carbocycles. The second-order valence-corrected chi connectivity index (χ2v) is 4.73. The lowest BCUT2D eigenvalue weighted by atomic mass is 10.2. The van der Waals surface area contributed by atoms with E-state index in [1.54, 1.807) is 0 Å². The number of alkyl halides is 1. The number of hydrogen-bond acceptors (Lipinski definition) is 2. The average Bonchev–Trinajstić information content (AvgIpc) is 1.83. The van der Waals surface area contributed by atoms with Gasteiger partial charge in [-0.3, -0.25) is 0 Å². The Morgan fingerprint density at radius 2 is 1.45 bits per heavy atom. The van der Waals surface area contributed by atoms with E-state index >= 15 is 0 Å². The minimum atomic E-state index is -0.257. The topological polar surface area (TPSA) is 18.5 Å². The zero-order valence-corrected chi connectivity index (χ0v) is 9.49. The molecule has 68 valence electrons. The Balaban J connectivity index is 3.70. The van der Waals surface area contributed by atoms with Gasteiger partial charge in [-0.05, 0) is 34.6 Å². The van der Waals surface area contributed by atoms with Gasteiger partial charge in [0.2, 0.25) is 0 Å². The standard InChI is InChI=1S/C8H17BrO2/c1-7(2,3)10-11-8(4,5)6-9/h6H2,1-5H3. The summed E-state index contributed by atoms with van der Waals surface area (Å²) in [6, 6.07) is 0. The molecule has 0 unspecified atom stereocenters. The maximum absolute atomic E-state index is 5.20. The van der Waals surface area contributed by atoms with Crippen LogP contribution in [0.3, 0.4) is 0 Å². The summed E-state index contributed by atoms with van der Waals surface area (Å²) in [7, 11) is 0. The molecule has 0 fully saturated rings. The van der Waals surface area contributed by atoms with Gasteiger partial charge in [-0.15, -0.1) is 0 Å². The summed E-state index contributed by atoms with van der Waals surface area (Å²) >= 11 is 3.33. The van der Waals surface area contributed by atoms with Crippen molar-refractivity contribution in [1.82, 2.24) is 0 Å². The Bertz CT molecular complexity index is 116. The van der Waals surface area contributed by atoms with Gasteiger partial charge in [-0.1, -0.05) is 15.9 Å². The van der Waals surface area contributed by atoms with Crippen LogP contribution in [0.1, 0.15) is 34.6 Å². The molecule has 0 aliphatic rings. The van der Waals surface area contributed by atoms with Crippen LogP contribution in [0.15, 0.2) is 0 Å². The van der Waals surface area contributed by atoms with E-state index in [1.807, 2.05) is 34.6 Å².